The average molecular weight is 356 g/mol. The summed E-state index contributed by atoms with van der Waals surface area (Å²) in [5.41, 5.74) is 3.96. The van der Waals surface area contributed by atoms with Gasteiger partial charge in [-0.3, -0.25) is 9.78 Å². The van der Waals surface area contributed by atoms with Crippen LogP contribution >= 0.6 is 0 Å². The topological polar surface area (TPSA) is 33.2 Å². The van der Waals surface area contributed by atoms with Gasteiger partial charge in [0, 0.05) is 30.1 Å². The fraction of sp³-hybridized carbons (Fsp3) is 0.250. The molecule has 0 aliphatic heterocycles. The number of amides is 1. The van der Waals surface area contributed by atoms with Crippen LogP contribution in [0, 0.1) is 0 Å². The number of nitrogens with zero attached hydrogens (tertiary/aromatic N) is 2. The van der Waals surface area contributed by atoms with Crippen molar-refractivity contribution >= 4 is 16.8 Å². The highest BCUT2D eigenvalue weighted by Crippen LogP contribution is 2.40. The highest BCUT2D eigenvalue weighted by Gasteiger charge is 2.27. The Morgan fingerprint density at radius 3 is 2.59 bits per heavy atom. The maximum atomic E-state index is 13.4. The summed E-state index contributed by atoms with van der Waals surface area (Å²) in [5.74, 6) is 0.574. The first kappa shape index (κ1) is 17.5. The van der Waals surface area contributed by atoms with E-state index in [-0.39, 0.29) is 5.91 Å². The van der Waals surface area contributed by atoms with E-state index in [0.717, 1.165) is 28.6 Å². The second kappa shape index (κ2) is 7.75. The molecule has 3 heteroatoms. The van der Waals surface area contributed by atoms with Crippen molar-refractivity contribution in [1.29, 1.82) is 0 Å². The summed E-state index contributed by atoms with van der Waals surface area (Å²) in [6.45, 7) is 5.06. The summed E-state index contributed by atoms with van der Waals surface area (Å²) < 4.78 is 0. The zero-order valence-corrected chi connectivity index (χ0v) is 15.5. The van der Waals surface area contributed by atoms with Gasteiger partial charge in [-0.15, -0.1) is 6.58 Å². The quantitative estimate of drug-likeness (QED) is 0.559. The minimum absolute atomic E-state index is 0.0614. The maximum Gasteiger partial charge on any atom is 0.254 e. The highest BCUT2D eigenvalue weighted by atomic mass is 16.2. The summed E-state index contributed by atoms with van der Waals surface area (Å²) in [6.07, 6.45) is 4.97. The number of aromatic nitrogens is 1. The minimum Gasteiger partial charge on any atom is -0.335 e. The van der Waals surface area contributed by atoms with E-state index in [0.29, 0.717) is 19.0 Å². The molecule has 0 N–H and O–H groups in total. The Morgan fingerprint density at radius 2 is 1.85 bits per heavy atom. The van der Waals surface area contributed by atoms with Gasteiger partial charge < -0.3 is 4.90 Å². The second-order valence-electron chi connectivity index (χ2n) is 7.16. The first-order chi connectivity index (χ1) is 13.3. The SMILES string of the molecule is C=CCN(CCc1ccccc1)C(=O)c1cc(C2CC2)nc2ccccc12. The average Bonchev–Trinajstić information content (AvgIpc) is 3.56. The van der Waals surface area contributed by atoms with E-state index in [1.807, 2.05) is 53.4 Å². The third-order valence-electron chi connectivity index (χ3n) is 5.11. The van der Waals surface area contributed by atoms with Crippen molar-refractivity contribution < 1.29 is 4.79 Å². The first-order valence-corrected chi connectivity index (χ1v) is 9.60. The van der Waals surface area contributed by atoms with Crippen molar-refractivity contribution in [1.82, 2.24) is 9.88 Å². The van der Waals surface area contributed by atoms with Gasteiger partial charge in [-0.05, 0) is 37.0 Å². The van der Waals surface area contributed by atoms with Crippen LogP contribution in [0.25, 0.3) is 10.9 Å². The van der Waals surface area contributed by atoms with Crippen LogP contribution in [0.2, 0.25) is 0 Å². The van der Waals surface area contributed by atoms with Gasteiger partial charge in [0.1, 0.15) is 0 Å². The number of pyridine rings is 1. The van der Waals surface area contributed by atoms with Gasteiger partial charge >= 0.3 is 0 Å². The molecular weight excluding hydrogens is 332 g/mol. The number of benzene rings is 2. The predicted molar refractivity (Wildman–Crippen MR) is 110 cm³/mol. The summed E-state index contributed by atoms with van der Waals surface area (Å²) >= 11 is 0. The first-order valence-electron chi connectivity index (χ1n) is 9.60. The molecule has 1 aliphatic rings. The minimum atomic E-state index is 0.0614. The van der Waals surface area contributed by atoms with Crippen molar-refractivity contribution in [2.45, 2.75) is 25.2 Å². The highest BCUT2D eigenvalue weighted by molar-refractivity contribution is 6.06. The van der Waals surface area contributed by atoms with Gasteiger partial charge in [0.25, 0.3) is 5.91 Å². The molecule has 0 unspecified atom stereocenters. The number of hydrogen-bond acceptors (Lipinski definition) is 2. The summed E-state index contributed by atoms with van der Waals surface area (Å²) in [5, 5.41) is 0.931. The lowest BCUT2D eigenvalue weighted by Gasteiger charge is -2.22. The molecule has 27 heavy (non-hydrogen) atoms. The largest absolute Gasteiger partial charge is 0.335 e. The third kappa shape index (κ3) is 3.92. The fourth-order valence-electron chi connectivity index (χ4n) is 3.47. The van der Waals surface area contributed by atoms with Crippen molar-refractivity contribution in [2.75, 3.05) is 13.1 Å². The van der Waals surface area contributed by atoms with E-state index in [4.69, 9.17) is 4.98 Å². The van der Waals surface area contributed by atoms with Gasteiger partial charge in [0.15, 0.2) is 0 Å². The standard InChI is InChI=1S/C24H24N2O/c1-2-15-26(16-14-18-8-4-3-5-9-18)24(27)21-17-23(19-12-13-19)25-22-11-7-6-10-20(21)22/h2-11,17,19H,1,12-16H2. The van der Waals surface area contributed by atoms with Crippen molar-refractivity contribution in [3.05, 3.63) is 90.1 Å². The third-order valence-corrected chi connectivity index (χ3v) is 5.11. The van der Waals surface area contributed by atoms with Gasteiger partial charge in [0.05, 0.1) is 11.1 Å². The Kier molecular flexibility index (Phi) is 5.01. The zero-order valence-electron chi connectivity index (χ0n) is 15.5. The molecule has 0 spiro atoms. The molecule has 0 bridgehead atoms. The number of para-hydroxylation sites is 1. The Balaban J connectivity index is 1.65. The molecular formula is C24H24N2O. The second-order valence-corrected chi connectivity index (χ2v) is 7.16. The molecule has 1 heterocycles. The van der Waals surface area contributed by atoms with Gasteiger partial charge in [-0.1, -0.05) is 54.6 Å². The zero-order chi connectivity index (χ0) is 18.6. The maximum absolute atomic E-state index is 13.4. The lowest BCUT2D eigenvalue weighted by molar-refractivity contribution is 0.0777. The van der Waals surface area contributed by atoms with E-state index >= 15 is 0 Å². The van der Waals surface area contributed by atoms with Gasteiger partial charge in [-0.2, -0.15) is 0 Å². The van der Waals surface area contributed by atoms with Crippen LogP contribution in [0.15, 0.2) is 73.3 Å². The number of fused-ring (bicyclic) bond motifs is 1. The molecule has 0 atom stereocenters. The normalized spacial score (nSPS) is 13.5. The van der Waals surface area contributed by atoms with Crippen molar-refractivity contribution in [3.8, 4) is 0 Å². The van der Waals surface area contributed by atoms with Crippen LogP contribution in [0.4, 0.5) is 0 Å². The van der Waals surface area contributed by atoms with Crippen LogP contribution < -0.4 is 0 Å². The molecule has 1 saturated carbocycles. The van der Waals surface area contributed by atoms with Crippen LogP contribution in [-0.2, 0) is 6.42 Å². The van der Waals surface area contributed by atoms with Crippen LogP contribution in [0.3, 0.4) is 0 Å². The van der Waals surface area contributed by atoms with E-state index in [2.05, 4.69) is 18.7 Å². The molecule has 0 radical (unpaired) electrons. The Bertz CT molecular complexity index is 961. The molecule has 0 saturated heterocycles. The number of hydrogen-bond donors (Lipinski definition) is 0. The van der Waals surface area contributed by atoms with E-state index in [9.17, 15) is 4.79 Å². The van der Waals surface area contributed by atoms with E-state index in [1.54, 1.807) is 6.08 Å². The molecule has 1 amide bonds. The molecule has 3 nitrogen and oxygen atoms in total. The Morgan fingerprint density at radius 1 is 1.11 bits per heavy atom. The molecule has 1 aliphatic carbocycles. The molecule has 136 valence electrons. The van der Waals surface area contributed by atoms with Crippen LogP contribution in [-0.4, -0.2) is 28.9 Å². The Hall–Kier alpha value is -2.94. The molecule has 4 rings (SSSR count). The summed E-state index contributed by atoms with van der Waals surface area (Å²) in [4.78, 5) is 20.1. The molecule has 1 fully saturated rings. The number of carbonyl (C=O) groups is 1. The van der Waals surface area contributed by atoms with Crippen LogP contribution in [0.1, 0.15) is 40.4 Å². The number of rotatable bonds is 7. The fourth-order valence-corrected chi connectivity index (χ4v) is 3.47. The lowest BCUT2D eigenvalue weighted by Crippen LogP contribution is -2.33. The van der Waals surface area contributed by atoms with Crippen molar-refractivity contribution in [3.63, 3.8) is 0 Å². The number of carbonyl (C=O) groups excluding carboxylic acids is 1. The summed E-state index contributed by atoms with van der Waals surface area (Å²) in [6, 6.07) is 20.2. The Labute approximate surface area is 160 Å². The van der Waals surface area contributed by atoms with Gasteiger partial charge in [-0.25, -0.2) is 0 Å². The predicted octanol–water partition coefficient (Wildman–Crippen LogP) is 4.98. The molecule has 2 aromatic carbocycles. The monoisotopic (exact) mass is 356 g/mol. The van der Waals surface area contributed by atoms with E-state index < -0.39 is 0 Å². The van der Waals surface area contributed by atoms with E-state index in [1.165, 1.54) is 18.4 Å². The lowest BCUT2D eigenvalue weighted by atomic mass is 10.0. The van der Waals surface area contributed by atoms with Crippen molar-refractivity contribution in [2.24, 2.45) is 0 Å². The van der Waals surface area contributed by atoms with Gasteiger partial charge in [0.2, 0.25) is 0 Å². The van der Waals surface area contributed by atoms with Crippen LogP contribution in [0.5, 0.6) is 0 Å². The molecule has 1 aromatic heterocycles. The summed E-state index contributed by atoms with van der Waals surface area (Å²) in [7, 11) is 0. The smallest absolute Gasteiger partial charge is 0.254 e. The molecule has 3 aromatic rings.